The fourth-order valence-corrected chi connectivity index (χ4v) is 4.17. The molecule has 3 rings (SSSR count). The molecule has 1 aliphatic heterocycles. The smallest absolute Gasteiger partial charge is 0.328 e. The number of hydrogen-bond donors (Lipinski definition) is 1. The van der Waals surface area contributed by atoms with Gasteiger partial charge in [-0.3, -0.25) is 19.0 Å². The molecule has 1 aliphatic rings. The van der Waals surface area contributed by atoms with Crippen LogP contribution in [0, 0.1) is 5.92 Å². The van der Waals surface area contributed by atoms with E-state index in [9.17, 15) is 19.2 Å². The van der Waals surface area contributed by atoms with Crippen LogP contribution in [0.15, 0.2) is 9.59 Å². The molecular weight excluding hydrogens is 384 g/mol. The summed E-state index contributed by atoms with van der Waals surface area (Å²) in [4.78, 5) is 54.3. The Kier molecular flexibility index (Phi) is 6.28. The zero-order valence-electron chi connectivity index (χ0n) is 16.0. The van der Waals surface area contributed by atoms with Gasteiger partial charge in [0.2, 0.25) is 0 Å². The van der Waals surface area contributed by atoms with Crippen molar-refractivity contribution >= 4 is 34.4 Å². The quantitative estimate of drug-likeness (QED) is 0.722. The molecule has 0 spiro atoms. The Bertz CT molecular complexity index is 992. The molecular formula is C18H24N4O5S. The Morgan fingerprint density at radius 2 is 2.11 bits per heavy atom. The lowest BCUT2D eigenvalue weighted by molar-refractivity contribution is -0.149. The standard InChI is InChI=1S/C18H24N4O5S/c1-3-5-9-22-15(23)13-12(19-18(22)26)14(28-20-13)16(24)21-8-6-7-11(10-21)17(25)27-4-2/h11H,3-10H2,1-2H3,(H,19,26)/t11-/m1/s1. The first-order chi connectivity index (χ1) is 13.5. The molecule has 1 amide bonds. The zero-order chi connectivity index (χ0) is 20.3. The molecule has 1 saturated heterocycles. The first-order valence-electron chi connectivity index (χ1n) is 9.56. The van der Waals surface area contributed by atoms with E-state index in [4.69, 9.17) is 4.74 Å². The maximum Gasteiger partial charge on any atom is 0.328 e. The summed E-state index contributed by atoms with van der Waals surface area (Å²) in [6, 6.07) is 0. The van der Waals surface area contributed by atoms with Crippen LogP contribution in [0.2, 0.25) is 0 Å². The average Bonchev–Trinajstić information content (AvgIpc) is 3.11. The van der Waals surface area contributed by atoms with E-state index in [-0.39, 0.29) is 40.2 Å². The number of nitrogens with one attached hydrogen (secondary N) is 1. The van der Waals surface area contributed by atoms with Crippen LogP contribution in [0.25, 0.3) is 11.0 Å². The summed E-state index contributed by atoms with van der Waals surface area (Å²) in [5.74, 6) is -0.994. The first-order valence-corrected chi connectivity index (χ1v) is 10.3. The number of piperidine rings is 1. The minimum Gasteiger partial charge on any atom is -0.466 e. The van der Waals surface area contributed by atoms with Gasteiger partial charge in [0.25, 0.3) is 11.5 Å². The number of carbonyl (C=O) groups excluding carboxylic acids is 2. The highest BCUT2D eigenvalue weighted by Crippen LogP contribution is 2.24. The number of nitrogens with zero attached hydrogens (tertiary/aromatic N) is 3. The van der Waals surface area contributed by atoms with Crippen molar-refractivity contribution in [3.63, 3.8) is 0 Å². The lowest BCUT2D eigenvalue weighted by atomic mass is 9.98. The van der Waals surface area contributed by atoms with Crippen molar-refractivity contribution in [3.8, 4) is 0 Å². The molecule has 9 nitrogen and oxygen atoms in total. The number of carbonyl (C=O) groups is 2. The number of likely N-dealkylation sites (tertiary alicyclic amines) is 1. The summed E-state index contributed by atoms with van der Waals surface area (Å²) in [7, 11) is 0. The Hall–Kier alpha value is -2.49. The predicted molar refractivity (Wildman–Crippen MR) is 105 cm³/mol. The largest absolute Gasteiger partial charge is 0.466 e. The van der Waals surface area contributed by atoms with Crippen LogP contribution in [0.1, 0.15) is 49.2 Å². The van der Waals surface area contributed by atoms with E-state index < -0.39 is 11.2 Å². The van der Waals surface area contributed by atoms with Gasteiger partial charge < -0.3 is 14.6 Å². The predicted octanol–water partition coefficient (Wildman–Crippen LogP) is 1.36. The summed E-state index contributed by atoms with van der Waals surface area (Å²) < 4.78 is 10.3. The van der Waals surface area contributed by atoms with Gasteiger partial charge in [-0.15, -0.1) is 0 Å². The minimum atomic E-state index is -0.539. The number of amides is 1. The third kappa shape index (κ3) is 3.87. The summed E-state index contributed by atoms with van der Waals surface area (Å²) in [5, 5.41) is 0. The maximum atomic E-state index is 13.0. The number of ether oxygens (including phenoxy) is 1. The van der Waals surface area contributed by atoms with E-state index in [1.165, 1.54) is 0 Å². The van der Waals surface area contributed by atoms with Crippen LogP contribution in [0.3, 0.4) is 0 Å². The van der Waals surface area contributed by atoms with Gasteiger partial charge in [-0.25, -0.2) is 4.79 Å². The highest BCUT2D eigenvalue weighted by molar-refractivity contribution is 7.09. The van der Waals surface area contributed by atoms with Crippen LogP contribution < -0.4 is 11.2 Å². The molecule has 0 unspecified atom stereocenters. The zero-order valence-corrected chi connectivity index (χ0v) is 16.8. The molecule has 2 aromatic heterocycles. The van der Waals surface area contributed by atoms with Gasteiger partial charge in [0.15, 0.2) is 5.52 Å². The molecule has 0 aromatic carbocycles. The van der Waals surface area contributed by atoms with Gasteiger partial charge in [0.05, 0.1) is 18.0 Å². The Morgan fingerprint density at radius 3 is 2.82 bits per heavy atom. The lowest BCUT2D eigenvalue weighted by Gasteiger charge is -2.31. The SMILES string of the molecule is CCCCn1c(=O)[nH]c2c(C(=O)N3CCC[C@@H](C(=O)OCC)C3)snc2c1=O. The van der Waals surface area contributed by atoms with Crippen LogP contribution in [-0.4, -0.2) is 50.4 Å². The number of unbranched alkanes of at least 4 members (excludes halogenated alkanes) is 1. The Morgan fingerprint density at radius 1 is 1.32 bits per heavy atom. The third-order valence-electron chi connectivity index (χ3n) is 4.87. The highest BCUT2D eigenvalue weighted by atomic mass is 32.1. The van der Waals surface area contributed by atoms with Crippen molar-refractivity contribution in [2.45, 2.75) is 46.1 Å². The molecule has 0 radical (unpaired) electrons. The second kappa shape index (κ2) is 8.68. The van der Waals surface area contributed by atoms with Gasteiger partial charge in [-0.2, -0.15) is 4.37 Å². The van der Waals surface area contributed by atoms with E-state index in [1.54, 1.807) is 11.8 Å². The number of H-pyrrole nitrogens is 1. The van der Waals surface area contributed by atoms with E-state index in [0.29, 0.717) is 39.0 Å². The molecule has 1 fully saturated rings. The van der Waals surface area contributed by atoms with Crippen molar-refractivity contribution in [1.82, 2.24) is 18.8 Å². The van der Waals surface area contributed by atoms with E-state index >= 15 is 0 Å². The van der Waals surface area contributed by atoms with Gasteiger partial charge in [-0.05, 0) is 37.7 Å². The van der Waals surface area contributed by atoms with Crippen LogP contribution in [0.4, 0.5) is 0 Å². The fourth-order valence-electron chi connectivity index (χ4n) is 3.37. The number of hydrogen-bond acceptors (Lipinski definition) is 7. The monoisotopic (exact) mass is 408 g/mol. The molecule has 3 heterocycles. The lowest BCUT2D eigenvalue weighted by Crippen LogP contribution is -2.42. The van der Waals surface area contributed by atoms with Gasteiger partial charge in [0.1, 0.15) is 4.88 Å². The maximum absolute atomic E-state index is 13.0. The number of aromatic nitrogens is 3. The summed E-state index contributed by atoms with van der Waals surface area (Å²) in [6.45, 7) is 5.10. The topological polar surface area (TPSA) is 114 Å². The molecule has 10 heteroatoms. The molecule has 2 aromatic rings. The van der Waals surface area contributed by atoms with E-state index in [1.807, 2.05) is 6.92 Å². The molecule has 0 saturated carbocycles. The van der Waals surface area contributed by atoms with Gasteiger partial charge >= 0.3 is 11.7 Å². The Balaban J connectivity index is 1.89. The molecule has 152 valence electrons. The van der Waals surface area contributed by atoms with E-state index in [2.05, 4.69) is 9.36 Å². The molecule has 0 aliphatic carbocycles. The Labute approximate surface area is 165 Å². The summed E-state index contributed by atoms with van der Waals surface area (Å²) in [6.07, 6.45) is 2.91. The normalized spacial score (nSPS) is 17.1. The van der Waals surface area contributed by atoms with Crippen LogP contribution >= 0.6 is 11.5 Å². The second-order valence-corrected chi connectivity index (χ2v) is 7.59. The first kappa shape index (κ1) is 20.2. The highest BCUT2D eigenvalue weighted by Gasteiger charge is 2.31. The van der Waals surface area contributed by atoms with Crippen LogP contribution in [0.5, 0.6) is 0 Å². The summed E-state index contributed by atoms with van der Waals surface area (Å²) in [5.41, 5.74) is -0.743. The number of esters is 1. The van der Waals surface area contributed by atoms with Crippen molar-refractivity contribution in [1.29, 1.82) is 0 Å². The van der Waals surface area contributed by atoms with Crippen molar-refractivity contribution in [2.75, 3.05) is 19.7 Å². The second-order valence-electron chi connectivity index (χ2n) is 6.82. The molecule has 28 heavy (non-hydrogen) atoms. The van der Waals surface area contributed by atoms with Crippen molar-refractivity contribution < 1.29 is 14.3 Å². The fraction of sp³-hybridized carbons (Fsp3) is 0.611. The van der Waals surface area contributed by atoms with Gasteiger partial charge in [-0.1, -0.05) is 13.3 Å². The van der Waals surface area contributed by atoms with Crippen LogP contribution in [-0.2, 0) is 16.1 Å². The number of fused-ring (bicyclic) bond motifs is 1. The third-order valence-corrected chi connectivity index (χ3v) is 5.71. The van der Waals surface area contributed by atoms with E-state index in [0.717, 1.165) is 22.5 Å². The van der Waals surface area contributed by atoms with Crippen molar-refractivity contribution in [3.05, 3.63) is 25.7 Å². The van der Waals surface area contributed by atoms with Gasteiger partial charge in [0, 0.05) is 19.6 Å². The molecule has 1 atom stereocenters. The number of aromatic amines is 1. The number of rotatable bonds is 6. The molecule has 1 N–H and O–H groups in total. The average molecular weight is 408 g/mol. The minimum absolute atomic E-state index is 0.100. The summed E-state index contributed by atoms with van der Waals surface area (Å²) >= 11 is 0.899. The molecule has 0 bridgehead atoms. The van der Waals surface area contributed by atoms with Crippen molar-refractivity contribution in [2.24, 2.45) is 5.92 Å².